The van der Waals surface area contributed by atoms with E-state index in [-0.39, 0.29) is 0 Å². The number of hydrogen-bond acceptors (Lipinski definition) is 3. The molecule has 1 unspecified atom stereocenters. The first-order valence-corrected chi connectivity index (χ1v) is 4.63. The van der Waals surface area contributed by atoms with Gasteiger partial charge in [0.2, 0.25) is 0 Å². The van der Waals surface area contributed by atoms with E-state index in [1.54, 1.807) is 0 Å². The lowest BCUT2D eigenvalue weighted by Crippen LogP contribution is -2.17. The summed E-state index contributed by atoms with van der Waals surface area (Å²) in [7, 11) is -4.66. The molecule has 0 fully saturated rings. The highest BCUT2D eigenvalue weighted by molar-refractivity contribution is 7.53. The third-order valence-corrected chi connectivity index (χ3v) is 1.97. The van der Waals surface area contributed by atoms with Crippen LogP contribution < -0.4 is 0 Å². The molecule has 0 aliphatic carbocycles. The predicted octanol–water partition coefficient (Wildman–Crippen LogP) is 0.835. The lowest BCUT2D eigenvalue weighted by molar-refractivity contribution is -0.155. The summed E-state index contributed by atoms with van der Waals surface area (Å²) in [6, 6.07) is 0. The summed E-state index contributed by atoms with van der Waals surface area (Å²) in [5.74, 6) is -1.70. The molecule has 0 spiro atoms. The zero-order chi connectivity index (χ0) is 10.7. The lowest BCUT2D eigenvalue weighted by Gasteiger charge is -2.11. The first-order valence-electron chi connectivity index (χ1n) is 2.87. The highest BCUT2D eigenvalue weighted by Crippen LogP contribution is 2.42. The van der Waals surface area contributed by atoms with E-state index in [9.17, 15) is 22.5 Å². The average molecular weight is 222 g/mol. The minimum absolute atomic E-state index is 1.34. The summed E-state index contributed by atoms with van der Waals surface area (Å²) in [4.78, 5) is 18.3. The van der Waals surface area contributed by atoms with Gasteiger partial charge in [-0.05, 0) is 0 Å². The average Bonchev–Trinajstić information content (AvgIpc) is 1.79. The molecule has 0 heterocycles. The van der Waals surface area contributed by atoms with Crippen molar-refractivity contribution in [3.63, 3.8) is 0 Å². The number of carboxylic acids is 1. The van der Waals surface area contributed by atoms with Gasteiger partial charge in [-0.15, -0.1) is 0 Å². The molecule has 0 rings (SSSR count). The highest BCUT2D eigenvalue weighted by atomic mass is 31.2. The number of halogens is 3. The first-order chi connectivity index (χ1) is 5.62. The molecule has 13 heavy (non-hydrogen) atoms. The van der Waals surface area contributed by atoms with Gasteiger partial charge in [0.1, 0.15) is 6.16 Å². The zero-order valence-corrected chi connectivity index (χ0v) is 7.01. The van der Waals surface area contributed by atoms with E-state index in [1.807, 2.05) is 0 Å². The second kappa shape index (κ2) is 4.08. The molecule has 1 atom stereocenters. The van der Waals surface area contributed by atoms with Crippen LogP contribution in [0, 0.1) is 0 Å². The fourth-order valence-electron chi connectivity index (χ4n) is 0.391. The van der Waals surface area contributed by atoms with Crippen molar-refractivity contribution in [2.24, 2.45) is 0 Å². The van der Waals surface area contributed by atoms with Gasteiger partial charge in [-0.3, -0.25) is 13.9 Å². The van der Waals surface area contributed by atoms with Crippen LogP contribution in [0.5, 0.6) is 0 Å². The van der Waals surface area contributed by atoms with Crippen molar-refractivity contribution >= 4 is 13.6 Å². The quantitative estimate of drug-likeness (QED) is 0.688. The van der Waals surface area contributed by atoms with Crippen LogP contribution in [0.25, 0.3) is 0 Å². The summed E-state index contributed by atoms with van der Waals surface area (Å²) in [5.41, 5.74) is 0. The maximum absolute atomic E-state index is 11.4. The topological polar surface area (TPSA) is 83.8 Å². The smallest absolute Gasteiger partial charge is 0.412 e. The van der Waals surface area contributed by atoms with Gasteiger partial charge >= 0.3 is 19.7 Å². The van der Waals surface area contributed by atoms with Gasteiger partial charge in [0.25, 0.3) is 0 Å². The van der Waals surface area contributed by atoms with E-state index < -0.39 is 32.5 Å². The van der Waals surface area contributed by atoms with Crippen molar-refractivity contribution < 1.29 is 37.1 Å². The Labute approximate surface area is 70.7 Å². The van der Waals surface area contributed by atoms with Gasteiger partial charge in [-0.25, -0.2) is 0 Å². The Morgan fingerprint density at radius 2 is 1.92 bits per heavy atom. The van der Waals surface area contributed by atoms with Gasteiger partial charge in [0, 0.05) is 0 Å². The summed E-state index contributed by atoms with van der Waals surface area (Å²) in [6.45, 7) is -1.94. The third kappa shape index (κ3) is 7.76. The van der Waals surface area contributed by atoms with Crippen molar-refractivity contribution in [3.8, 4) is 0 Å². The van der Waals surface area contributed by atoms with Gasteiger partial charge in [0.05, 0.1) is 0 Å². The maximum atomic E-state index is 11.4. The predicted molar refractivity (Wildman–Crippen MR) is 34.3 cm³/mol. The van der Waals surface area contributed by atoms with E-state index in [0.29, 0.717) is 0 Å². The molecule has 0 radical (unpaired) electrons. The zero-order valence-electron chi connectivity index (χ0n) is 6.11. The Hall–Kier alpha value is -0.590. The van der Waals surface area contributed by atoms with E-state index in [1.165, 1.54) is 0 Å². The Morgan fingerprint density at radius 1 is 1.46 bits per heavy atom. The standard InChI is InChI=1S/C4H6F3O5P/c5-4(6,7)2-12-13(10,11)1-3(8)9/h1-2H2,(H,8,9)(H,10,11). The monoisotopic (exact) mass is 222 g/mol. The van der Waals surface area contributed by atoms with E-state index >= 15 is 0 Å². The Morgan fingerprint density at radius 3 is 2.23 bits per heavy atom. The summed E-state index contributed by atoms with van der Waals surface area (Å²) in [5, 5.41) is 7.99. The van der Waals surface area contributed by atoms with Crippen molar-refractivity contribution in [1.82, 2.24) is 0 Å². The molecule has 0 aliphatic rings. The third-order valence-electron chi connectivity index (χ3n) is 0.765. The van der Waals surface area contributed by atoms with Gasteiger partial charge in [-0.2, -0.15) is 13.2 Å². The summed E-state index contributed by atoms with van der Waals surface area (Å²) < 4.78 is 48.3. The molecule has 9 heteroatoms. The fourth-order valence-corrected chi connectivity index (χ4v) is 1.17. The van der Waals surface area contributed by atoms with Crippen molar-refractivity contribution in [3.05, 3.63) is 0 Å². The molecule has 2 N–H and O–H groups in total. The van der Waals surface area contributed by atoms with Crippen molar-refractivity contribution in [2.75, 3.05) is 12.8 Å². The summed E-state index contributed by atoms with van der Waals surface area (Å²) >= 11 is 0. The molecule has 78 valence electrons. The number of alkyl halides is 3. The van der Waals surface area contributed by atoms with Crippen LogP contribution in [0.1, 0.15) is 0 Å². The Bertz CT molecular complexity index is 236. The number of hydrogen-bond donors (Lipinski definition) is 2. The van der Waals surface area contributed by atoms with Crippen LogP contribution in [0.2, 0.25) is 0 Å². The molecule has 0 saturated carbocycles. The minimum atomic E-state index is -4.75. The van der Waals surface area contributed by atoms with Crippen molar-refractivity contribution in [2.45, 2.75) is 6.18 Å². The van der Waals surface area contributed by atoms with E-state index in [0.717, 1.165) is 0 Å². The number of rotatable bonds is 4. The number of aliphatic carboxylic acids is 1. The Kier molecular flexibility index (Phi) is 3.89. The lowest BCUT2D eigenvalue weighted by atomic mass is 10.7. The molecule has 0 aromatic carbocycles. The molecular weight excluding hydrogens is 216 g/mol. The molecule has 0 bridgehead atoms. The van der Waals surface area contributed by atoms with Crippen LogP contribution in [0.3, 0.4) is 0 Å². The van der Waals surface area contributed by atoms with Crippen LogP contribution >= 0.6 is 7.60 Å². The molecule has 0 aromatic rings. The maximum Gasteiger partial charge on any atom is 0.412 e. The van der Waals surface area contributed by atoms with E-state index in [4.69, 9.17) is 10.00 Å². The van der Waals surface area contributed by atoms with Gasteiger partial charge in [-0.1, -0.05) is 0 Å². The van der Waals surface area contributed by atoms with Crippen LogP contribution in [0.4, 0.5) is 13.2 Å². The second-order valence-electron chi connectivity index (χ2n) is 2.08. The molecule has 5 nitrogen and oxygen atoms in total. The fraction of sp³-hybridized carbons (Fsp3) is 0.750. The minimum Gasteiger partial charge on any atom is -0.481 e. The molecule has 0 saturated heterocycles. The van der Waals surface area contributed by atoms with E-state index in [2.05, 4.69) is 4.52 Å². The van der Waals surface area contributed by atoms with Crippen molar-refractivity contribution in [1.29, 1.82) is 0 Å². The Balaban J connectivity index is 4.05. The molecule has 0 aliphatic heterocycles. The van der Waals surface area contributed by atoms with Gasteiger partial charge in [0.15, 0.2) is 6.61 Å². The molecule has 0 aromatic heterocycles. The van der Waals surface area contributed by atoms with Crippen LogP contribution in [-0.2, 0) is 13.9 Å². The molecule has 0 amide bonds. The first kappa shape index (κ1) is 12.4. The van der Waals surface area contributed by atoms with Crippen LogP contribution in [-0.4, -0.2) is 34.9 Å². The second-order valence-corrected chi connectivity index (χ2v) is 3.93. The largest absolute Gasteiger partial charge is 0.481 e. The highest BCUT2D eigenvalue weighted by Gasteiger charge is 2.33. The number of carboxylic acid groups (broad SMARTS) is 1. The number of carbonyl (C=O) groups is 1. The van der Waals surface area contributed by atoms with Crippen LogP contribution in [0.15, 0.2) is 0 Å². The molecular formula is C4H6F3O5P. The summed E-state index contributed by atoms with van der Waals surface area (Å²) in [6.07, 6.45) is -6.10. The SMILES string of the molecule is O=C(O)CP(=O)(O)OCC(F)(F)F. The van der Waals surface area contributed by atoms with Gasteiger partial charge < -0.3 is 10.00 Å². The normalized spacial score (nSPS) is 16.6.